The van der Waals surface area contributed by atoms with E-state index in [9.17, 15) is 9.59 Å². The van der Waals surface area contributed by atoms with Crippen LogP contribution in [0.5, 0.6) is 0 Å². The summed E-state index contributed by atoms with van der Waals surface area (Å²) in [5.41, 5.74) is 6.47. The van der Waals surface area contributed by atoms with Gasteiger partial charge in [-0.15, -0.1) is 0 Å². The topological polar surface area (TPSA) is 79.3 Å². The molecule has 1 heterocycles. The lowest BCUT2D eigenvalue weighted by Gasteiger charge is -2.29. The van der Waals surface area contributed by atoms with E-state index in [2.05, 4.69) is 34.6 Å². The van der Waals surface area contributed by atoms with Crippen molar-refractivity contribution in [3.8, 4) is 11.1 Å². The number of nitrogens with one attached hydrogen (secondary N) is 1. The van der Waals surface area contributed by atoms with E-state index in [0.29, 0.717) is 17.9 Å². The van der Waals surface area contributed by atoms with Crippen molar-refractivity contribution in [3.63, 3.8) is 0 Å². The van der Waals surface area contributed by atoms with Crippen LogP contribution >= 0.6 is 11.6 Å². The first-order chi connectivity index (χ1) is 16.8. The third-order valence-corrected chi connectivity index (χ3v) is 7.63. The largest absolute Gasteiger partial charge is 0.481 e. The minimum absolute atomic E-state index is 0.0102. The van der Waals surface area contributed by atoms with Crippen molar-refractivity contribution in [1.82, 2.24) is 4.98 Å². The van der Waals surface area contributed by atoms with Crippen LogP contribution in [-0.2, 0) is 21.4 Å². The molecule has 1 aromatic heterocycles. The smallest absolute Gasteiger partial charge is 0.303 e. The maximum absolute atomic E-state index is 13.2. The van der Waals surface area contributed by atoms with Gasteiger partial charge in [0.05, 0.1) is 10.7 Å². The van der Waals surface area contributed by atoms with Crippen molar-refractivity contribution in [2.45, 2.75) is 64.2 Å². The molecule has 1 fully saturated rings. The molecule has 0 bridgehead atoms. The summed E-state index contributed by atoms with van der Waals surface area (Å²) >= 11 is 6.26. The predicted octanol–water partition coefficient (Wildman–Crippen LogP) is 6.88. The third-order valence-electron chi connectivity index (χ3n) is 7.24. The van der Waals surface area contributed by atoms with Gasteiger partial charge in [-0.3, -0.25) is 14.6 Å². The molecule has 0 radical (unpaired) electrons. The highest BCUT2D eigenvalue weighted by Crippen LogP contribution is 2.44. The number of pyridine rings is 1. The number of carbonyl (C=O) groups excluding carboxylic acids is 1. The summed E-state index contributed by atoms with van der Waals surface area (Å²) < 4.78 is 0. The van der Waals surface area contributed by atoms with Gasteiger partial charge in [0, 0.05) is 35.7 Å². The second-order valence-electron chi connectivity index (χ2n) is 9.56. The Hall–Kier alpha value is -3.18. The number of aryl methyl sites for hydroxylation is 2. The molecule has 1 saturated carbocycles. The molecule has 0 saturated heterocycles. The highest BCUT2D eigenvalue weighted by Gasteiger charge is 2.37. The van der Waals surface area contributed by atoms with Crippen LogP contribution in [0.4, 0.5) is 5.69 Å². The number of hydrogen-bond donors (Lipinski definition) is 2. The van der Waals surface area contributed by atoms with Crippen molar-refractivity contribution in [1.29, 1.82) is 0 Å². The molecule has 0 aliphatic heterocycles. The molecule has 3 aromatic rings. The molecule has 1 aliphatic carbocycles. The summed E-state index contributed by atoms with van der Waals surface area (Å²) in [4.78, 5) is 28.5. The molecule has 6 heteroatoms. The number of hydrogen-bond acceptors (Lipinski definition) is 3. The van der Waals surface area contributed by atoms with E-state index < -0.39 is 5.97 Å². The summed E-state index contributed by atoms with van der Waals surface area (Å²) in [5.74, 6) is -0.834. The molecule has 182 valence electrons. The molecule has 0 atom stereocenters. The van der Waals surface area contributed by atoms with E-state index >= 15 is 0 Å². The summed E-state index contributed by atoms with van der Waals surface area (Å²) in [5, 5.41) is 12.8. The van der Waals surface area contributed by atoms with Gasteiger partial charge in [0.25, 0.3) is 0 Å². The number of aliphatic carboxylic acids is 1. The molecule has 0 spiro atoms. The van der Waals surface area contributed by atoms with Crippen LogP contribution in [-0.4, -0.2) is 22.0 Å². The van der Waals surface area contributed by atoms with Gasteiger partial charge in [0.15, 0.2) is 0 Å². The number of carbonyl (C=O) groups is 2. The molecule has 2 aromatic carbocycles. The van der Waals surface area contributed by atoms with E-state index in [1.165, 1.54) is 5.56 Å². The van der Waals surface area contributed by atoms with Gasteiger partial charge in [-0.05, 0) is 67.5 Å². The second-order valence-corrected chi connectivity index (χ2v) is 9.97. The van der Waals surface area contributed by atoms with E-state index in [4.69, 9.17) is 16.7 Å². The molecule has 2 N–H and O–H groups in total. The highest BCUT2D eigenvalue weighted by atomic mass is 35.5. The van der Waals surface area contributed by atoms with Gasteiger partial charge in [0.2, 0.25) is 5.91 Å². The number of anilines is 1. The Labute approximate surface area is 211 Å². The Balaban J connectivity index is 1.51. The molecular formula is C29H31ClN2O3. The second kappa shape index (κ2) is 10.6. The summed E-state index contributed by atoms with van der Waals surface area (Å²) in [6, 6.07) is 16.1. The first-order valence-electron chi connectivity index (χ1n) is 12.1. The first-order valence-corrected chi connectivity index (χ1v) is 12.5. The van der Waals surface area contributed by atoms with Gasteiger partial charge in [-0.2, -0.15) is 0 Å². The maximum atomic E-state index is 13.2. The van der Waals surface area contributed by atoms with Crippen LogP contribution in [0.15, 0.2) is 54.7 Å². The van der Waals surface area contributed by atoms with Crippen molar-refractivity contribution in [2.24, 2.45) is 0 Å². The third kappa shape index (κ3) is 5.73. The van der Waals surface area contributed by atoms with E-state index in [0.717, 1.165) is 59.3 Å². The van der Waals surface area contributed by atoms with Gasteiger partial charge >= 0.3 is 5.97 Å². The standard InChI is InChI=1S/C29H31ClN2O3/c1-19-21(10-13-28(34)35)6-5-7-26(19)32-27(33)17-29(14-3-4-15-29)24-11-8-22(9-12-24)23-16-25(30)20(2)31-18-23/h5-9,11-12,16,18H,3-4,10,13-15,17H2,1-2H3,(H,32,33)(H,34,35). The van der Waals surface area contributed by atoms with Crippen LogP contribution in [0.3, 0.4) is 0 Å². The first kappa shape index (κ1) is 24.9. The van der Waals surface area contributed by atoms with Gasteiger partial charge < -0.3 is 10.4 Å². The van der Waals surface area contributed by atoms with Gasteiger partial charge in [0.1, 0.15) is 0 Å². The minimum atomic E-state index is -0.824. The zero-order valence-electron chi connectivity index (χ0n) is 20.2. The van der Waals surface area contributed by atoms with E-state index in [1.807, 2.05) is 44.3 Å². The van der Waals surface area contributed by atoms with Crippen molar-refractivity contribution in [2.75, 3.05) is 5.32 Å². The van der Waals surface area contributed by atoms with Crippen molar-refractivity contribution < 1.29 is 14.7 Å². The lowest BCUT2D eigenvalue weighted by atomic mass is 9.75. The van der Waals surface area contributed by atoms with Crippen LogP contribution in [0.2, 0.25) is 5.02 Å². The number of aromatic nitrogens is 1. The van der Waals surface area contributed by atoms with Crippen LogP contribution in [0, 0.1) is 13.8 Å². The number of benzene rings is 2. The Kier molecular flexibility index (Phi) is 7.56. The zero-order chi connectivity index (χ0) is 25.0. The molecule has 5 nitrogen and oxygen atoms in total. The Bertz CT molecular complexity index is 1230. The zero-order valence-corrected chi connectivity index (χ0v) is 21.0. The molecule has 1 amide bonds. The molecular weight excluding hydrogens is 460 g/mol. The highest BCUT2D eigenvalue weighted by molar-refractivity contribution is 6.31. The molecule has 1 aliphatic rings. The van der Waals surface area contributed by atoms with E-state index in [1.54, 1.807) is 0 Å². The fourth-order valence-electron chi connectivity index (χ4n) is 5.13. The average molecular weight is 491 g/mol. The van der Waals surface area contributed by atoms with Crippen LogP contribution in [0.1, 0.15) is 60.9 Å². The number of carboxylic acid groups (broad SMARTS) is 1. The minimum Gasteiger partial charge on any atom is -0.481 e. The lowest BCUT2D eigenvalue weighted by Crippen LogP contribution is -2.29. The predicted molar refractivity (Wildman–Crippen MR) is 140 cm³/mol. The fraction of sp³-hybridized carbons (Fsp3) is 0.345. The quantitative estimate of drug-likeness (QED) is 0.361. The van der Waals surface area contributed by atoms with E-state index in [-0.39, 0.29) is 17.7 Å². The monoisotopic (exact) mass is 490 g/mol. The molecule has 4 rings (SSSR count). The summed E-state index contributed by atoms with van der Waals surface area (Å²) in [6.07, 6.45) is 6.95. The number of carboxylic acids is 1. The summed E-state index contributed by atoms with van der Waals surface area (Å²) in [6.45, 7) is 3.82. The number of nitrogens with zero attached hydrogens (tertiary/aromatic N) is 1. The number of halogens is 1. The SMILES string of the molecule is Cc1ncc(-c2ccc(C3(CC(=O)Nc4cccc(CCC(=O)O)c4C)CCCC3)cc2)cc1Cl. The van der Waals surface area contributed by atoms with Crippen LogP contribution < -0.4 is 5.32 Å². The average Bonchev–Trinajstić information content (AvgIpc) is 3.31. The van der Waals surface area contributed by atoms with Gasteiger partial charge in [-0.1, -0.05) is 60.8 Å². The molecule has 0 unspecified atom stereocenters. The Morgan fingerprint density at radius 3 is 2.43 bits per heavy atom. The number of amides is 1. The summed E-state index contributed by atoms with van der Waals surface area (Å²) in [7, 11) is 0. The fourth-order valence-corrected chi connectivity index (χ4v) is 5.30. The molecule has 35 heavy (non-hydrogen) atoms. The van der Waals surface area contributed by atoms with Gasteiger partial charge in [-0.25, -0.2) is 0 Å². The van der Waals surface area contributed by atoms with Crippen LogP contribution in [0.25, 0.3) is 11.1 Å². The number of rotatable bonds is 8. The maximum Gasteiger partial charge on any atom is 0.303 e. The Morgan fingerprint density at radius 2 is 1.77 bits per heavy atom. The lowest BCUT2D eigenvalue weighted by molar-refractivity contribution is -0.137. The van der Waals surface area contributed by atoms with Crippen molar-refractivity contribution >= 4 is 29.2 Å². The normalized spacial score (nSPS) is 14.6. The Morgan fingerprint density at radius 1 is 1.06 bits per heavy atom. The van der Waals surface area contributed by atoms with Crippen molar-refractivity contribution in [3.05, 3.63) is 82.1 Å².